The standard InChI is InChI=1S/C15H14O2.BrH.Mg/c16-14-9-4-6-12(11-14)5-3-8-13-7-1-2-10-15(13)17;;/h1-2,4,6-11,16H,3,5H2;1H;/q;;+2/p-2/b13-8+;;. The number of hydrogen-bond donors (Lipinski definition) is 0. The zero-order chi connectivity index (χ0) is 12.1. The third kappa shape index (κ3) is 5.76. The fraction of sp³-hybridized carbons (Fsp3) is 0.133. The van der Waals surface area contributed by atoms with Gasteiger partial charge in [0.05, 0.1) is 0 Å². The van der Waals surface area contributed by atoms with E-state index in [0.717, 1.165) is 24.0 Å². The fourth-order valence-electron chi connectivity index (χ4n) is 1.74. The fourth-order valence-corrected chi connectivity index (χ4v) is 1.74. The van der Waals surface area contributed by atoms with E-state index in [0.29, 0.717) is 0 Å². The number of aryl methyl sites for hydroxylation is 1. The van der Waals surface area contributed by atoms with Gasteiger partial charge in [0.25, 0.3) is 0 Å². The van der Waals surface area contributed by atoms with Crippen molar-refractivity contribution < 1.29 is 26.9 Å². The van der Waals surface area contributed by atoms with Crippen molar-refractivity contribution in [2.75, 3.05) is 0 Å². The van der Waals surface area contributed by atoms with Crippen LogP contribution in [0, 0.1) is 0 Å². The number of benzene rings is 1. The minimum atomic E-state index is 0. The van der Waals surface area contributed by atoms with Gasteiger partial charge < -0.3 is 22.1 Å². The molecule has 0 aliphatic heterocycles. The quantitative estimate of drug-likeness (QED) is 0.524. The molecular formula is C15H13BrMgO2. The zero-order valence-electron chi connectivity index (χ0n) is 10.5. The van der Waals surface area contributed by atoms with Crippen LogP contribution in [0.5, 0.6) is 5.75 Å². The zero-order valence-corrected chi connectivity index (χ0v) is 13.5. The number of hydrogen-bond acceptors (Lipinski definition) is 2. The molecule has 0 unspecified atom stereocenters. The number of rotatable bonds is 3. The van der Waals surface area contributed by atoms with Gasteiger partial charge in [-0.05, 0) is 24.5 Å². The number of halogens is 1. The molecule has 2 nitrogen and oxygen atoms in total. The van der Waals surface area contributed by atoms with Gasteiger partial charge in [-0.25, -0.2) is 0 Å². The number of carbonyl (C=O) groups is 1. The first-order valence-electron chi connectivity index (χ1n) is 5.61. The minimum absolute atomic E-state index is 0. The molecule has 94 valence electrons. The smallest absolute Gasteiger partial charge is 1.00 e. The van der Waals surface area contributed by atoms with Gasteiger partial charge in [-0.3, -0.25) is 4.79 Å². The van der Waals surface area contributed by atoms with Crippen molar-refractivity contribution in [1.82, 2.24) is 0 Å². The second-order valence-corrected chi connectivity index (χ2v) is 3.93. The van der Waals surface area contributed by atoms with Crippen LogP contribution in [0.3, 0.4) is 0 Å². The molecule has 4 heteroatoms. The second-order valence-electron chi connectivity index (χ2n) is 3.93. The predicted molar refractivity (Wildman–Crippen MR) is 71.3 cm³/mol. The van der Waals surface area contributed by atoms with Crippen LogP contribution < -0.4 is 22.1 Å². The van der Waals surface area contributed by atoms with Gasteiger partial charge >= 0.3 is 23.1 Å². The molecule has 0 aromatic heterocycles. The Kier molecular flexibility index (Phi) is 8.72. The molecule has 1 aliphatic rings. The summed E-state index contributed by atoms with van der Waals surface area (Å²) in [4.78, 5) is 11.4. The van der Waals surface area contributed by atoms with Gasteiger partial charge in [-0.1, -0.05) is 48.6 Å². The molecule has 2 rings (SSSR count). The maximum Gasteiger partial charge on any atom is 2.00 e. The van der Waals surface area contributed by atoms with Crippen LogP contribution in [0.15, 0.2) is 60.2 Å². The molecule has 0 amide bonds. The van der Waals surface area contributed by atoms with Gasteiger partial charge in [0, 0.05) is 5.57 Å². The average molecular weight is 329 g/mol. The summed E-state index contributed by atoms with van der Waals surface area (Å²) in [5, 5.41) is 11.1. The molecule has 0 radical (unpaired) electrons. The molecule has 0 saturated carbocycles. The topological polar surface area (TPSA) is 40.1 Å². The van der Waals surface area contributed by atoms with E-state index >= 15 is 0 Å². The third-order valence-electron chi connectivity index (χ3n) is 2.61. The van der Waals surface area contributed by atoms with Crippen molar-refractivity contribution in [1.29, 1.82) is 0 Å². The van der Waals surface area contributed by atoms with Crippen LogP contribution in [0.4, 0.5) is 0 Å². The summed E-state index contributed by atoms with van der Waals surface area (Å²) in [6.45, 7) is 0. The van der Waals surface area contributed by atoms with Gasteiger partial charge in [-0.2, -0.15) is 0 Å². The Bertz CT molecular complexity index is 519. The van der Waals surface area contributed by atoms with E-state index in [1.807, 2.05) is 24.3 Å². The SMILES string of the molecule is O=C1C=CC=C/C1=C\CCc1cccc([O-])c1.[Br-].[Mg+2]. The van der Waals surface area contributed by atoms with Crippen molar-refractivity contribution >= 4 is 28.8 Å². The normalized spacial score (nSPS) is 14.9. The van der Waals surface area contributed by atoms with Crippen LogP contribution in [0.1, 0.15) is 12.0 Å². The Morgan fingerprint density at radius 3 is 2.58 bits per heavy atom. The Morgan fingerprint density at radius 2 is 1.89 bits per heavy atom. The predicted octanol–water partition coefficient (Wildman–Crippen LogP) is -1.06. The monoisotopic (exact) mass is 328 g/mol. The number of allylic oxidation sites excluding steroid dienone is 6. The van der Waals surface area contributed by atoms with Gasteiger partial charge in [0.1, 0.15) is 0 Å². The molecule has 0 heterocycles. The summed E-state index contributed by atoms with van der Waals surface area (Å²) in [6, 6.07) is 6.87. The summed E-state index contributed by atoms with van der Waals surface area (Å²) >= 11 is 0. The molecular weight excluding hydrogens is 316 g/mol. The van der Waals surface area contributed by atoms with Crippen molar-refractivity contribution in [3.63, 3.8) is 0 Å². The number of carbonyl (C=O) groups excluding carboxylic acids is 1. The second kappa shape index (κ2) is 9.12. The van der Waals surface area contributed by atoms with E-state index in [9.17, 15) is 9.90 Å². The molecule has 1 aromatic rings. The minimum Gasteiger partial charge on any atom is -1.00 e. The molecule has 0 bridgehead atoms. The van der Waals surface area contributed by atoms with E-state index in [1.165, 1.54) is 0 Å². The third-order valence-corrected chi connectivity index (χ3v) is 2.61. The first-order chi connectivity index (χ1) is 8.25. The Labute approximate surface area is 139 Å². The van der Waals surface area contributed by atoms with Crippen molar-refractivity contribution in [2.45, 2.75) is 12.8 Å². The molecule has 0 N–H and O–H groups in total. The van der Waals surface area contributed by atoms with Gasteiger partial charge in [0.15, 0.2) is 5.78 Å². The average Bonchev–Trinajstić information content (AvgIpc) is 2.32. The van der Waals surface area contributed by atoms with E-state index in [1.54, 1.807) is 30.4 Å². The Hall–Kier alpha value is -0.844. The van der Waals surface area contributed by atoms with Crippen molar-refractivity contribution in [2.24, 2.45) is 0 Å². The van der Waals surface area contributed by atoms with E-state index in [-0.39, 0.29) is 51.6 Å². The first kappa shape index (κ1) is 18.2. The summed E-state index contributed by atoms with van der Waals surface area (Å²) in [7, 11) is 0. The van der Waals surface area contributed by atoms with E-state index < -0.39 is 0 Å². The molecule has 0 spiro atoms. The van der Waals surface area contributed by atoms with Crippen LogP contribution in [-0.2, 0) is 11.2 Å². The first-order valence-corrected chi connectivity index (χ1v) is 5.61. The molecule has 1 aliphatic carbocycles. The van der Waals surface area contributed by atoms with E-state index in [4.69, 9.17) is 0 Å². The molecule has 1 aromatic carbocycles. The Balaban J connectivity index is 0.00000162. The van der Waals surface area contributed by atoms with Crippen LogP contribution in [-0.4, -0.2) is 28.8 Å². The molecule has 0 fully saturated rings. The molecule has 0 saturated heterocycles. The Morgan fingerprint density at radius 1 is 1.16 bits per heavy atom. The molecule has 19 heavy (non-hydrogen) atoms. The number of ketones is 1. The summed E-state index contributed by atoms with van der Waals surface area (Å²) in [6.07, 6.45) is 10.4. The summed E-state index contributed by atoms with van der Waals surface area (Å²) < 4.78 is 0. The van der Waals surface area contributed by atoms with Gasteiger partial charge in [-0.15, -0.1) is 5.75 Å². The summed E-state index contributed by atoms with van der Waals surface area (Å²) in [5.41, 5.74) is 1.74. The van der Waals surface area contributed by atoms with Crippen molar-refractivity contribution in [3.05, 3.63) is 65.8 Å². The maximum absolute atomic E-state index is 11.4. The van der Waals surface area contributed by atoms with Crippen molar-refractivity contribution in [3.8, 4) is 5.75 Å². The maximum atomic E-state index is 11.4. The van der Waals surface area contributed by atoms with Crippen LogP contribution in [0.25, 0.3) is 0 Å². The van der Waals surface area contributed by atoms with Gasteiger partial charge in [0.2, 0.25) is 0 Å². The van der Waals surface area contributed by atoms with E-state index in [2.05, 4.69) is 0 Å². The summed E-state index contributed by atoms with van der Waals surface area (Å²) in [5.74, 6) is 0.0804. The molecule has 0 atom stereocenters. The largest absolute Gasteiger partial charge is 2.00 e. The van der Waals surface area contributed by atoms with Crippen LogP contribution in [0.2, 0.25) is 0 Å². The van der Waals surface area contributed by atoms with Crippen LogP contribution >= 0.6 is 0 Å².